The van der Waals surface area contributed by atoms with E-state index in [0.29, 0.717) is 22.3 Å². The van der Waals surface area contributed by atoms with Crippen molar-refractivity contribution in [2.75, 3.05) is 25.6 Å². The summed E-state index contributed by atoms with van der Waals surface area (Å²) in [6.45, 7) is 7.45. The van der Waals surface area contributed by atoms with Crippen LogP contribution in [0, 0.1) is 13.8 Å². The lowest BCUT2D eigenvalue weighted by Crippen LogP contribution is -2.03. The topological polar surface area (TPSA) is 103 Å². The fourth-order valence-electron chi connectivity index (χ4n) is 2.51. The number of hydrogen-bond donors (Lipinski definition) is 2. The Morgan fingerprint density at radius 3 is 2.39 bits per heavy atom. The largest absolute Gasteiger partial charge is 0.504 e. The van der Waals surface area contributed by atoms with Crippen molar-refractivity contribution in [3.05, 3.63) is 47.3 Å². The number of aryl methyl sites for hydroxylation is 2. The second-order valence-corrected chi connectivity index (χ2v) is 7.90. The molecule has 0 spiro atoms. The SMILES string of the molecule is CCOP(=O)(OCC)C(=CNc1ccc(C)nn1)c1cc(C)c(O)c(OC)c1. The maximum Gasteiger partial charge on any atom is 0.363 e. The van der Waals surface area contributed by atoms with Gasteiger partial charge in [0.25, 0.3) is 0 Å². The molecule has 2 N–H and O–H groups in total. The number of methoxy groups -OCH3 is 1. The molecule has 0 atom stereocenters. The lowest BCUT2D eigenvalue weighted by atomic mass is 10.1. The number of anilines is 1. The summed E-state index contributed by atoms with van der Waals surface area (Å²) in [4.78, 5) is 0. The van der Waals surface area contributed by atoms with Crippen LogP contribution < -0.4 is 10.1 Å². The second-order valence-electron chi connectivity index (χ2n) is 5.91. The number of phenols is 1. The highest BCUT2D eigenvalue weighted by atomic mass is 31.2. The van der Waals surface area contributed by atoms with E-state index in [-0.39, 0.29) is 24.7 Å². The first-order chi connectivity index (χ1) is 13.3. The number of nitrogens with one attached hydrogen (secondary N) is 1. The van der Waals surface area contributed by atoms with Crippen LogP contribution in [-0.2, 0) is 13.6 Å². The zero-order valence-corrected chi connectivity index (χ0v) is 17.6. The van der Waals surface area contributed by atoms with Crippen molar-refractivity contribution in [3.63, 3.8) is 0 Å². The molecule has 1 heterocycles. The Hall–Kier alpha value is -2.41. The van der Waals surface area contributed by atoms with E-state index in [2.05, 4.69) is 15.5 Å². The predicted molar refractivity (Wildman–Crippen MR) is 109 cm³/mol. The van der Waals surface area contributed by atoms with Crippen molar-refractivity contribution in [3.8, 4) is 11.5 Å². The van der Waals surface area contributed by atoms with Crippen molar-refractivity contribution in [2.24, 2.45) is 0 Å². The lowest BCUT2D eigenvalue weighted by molar-refractivity contribution is 0.230. The highest BCUT2D eigenvalue weighted by Gasteiger charge is 2.32. The molecule has 9 heteroatoms. The molecule has 0 amide bonds. The summed E-state index contributed by atoms with van der Waals surface area (Å²) >= 11 is 0. The molecule has 0 unspecified atom stereocenters. The van der Waals surface area contributed by atoms with Crippen LogP contribution in [-0.4, -0.2) is 35.6 Å². The smallest absolute Gasteiger partial charge is 0.363 e. The Balaban J connectivity index is 2.58. The van der Waals surface area contributed by atoms with Gasteiger partial charge in [0, 0.05) is 6.20 Å². The van der Waals surface area contributed by atoms with Crippen molar-refractivity contribution >= 4 is 18.7 Å². The van der Waals surface area contributed by atoms with Crippen LogP contribution in [0.25, 0.3) is 5.31 Å². The van der Waals surface area contributed by atoms with Crippen LogP contribution in [0.15, 0.2) is 30.5 Å². The zero-order chi connectivity index (χ0) is 20.7. The van der Waals surface area contributed by atoms with Gasteiger partial charge in [0.2, 0.25) is 0 Å². The van der Waals surface area contributed by atoms with Crippen LogP contribution in [0.3, 0.4) is 0 Å². The van der Waals surface area contributed by atoms with E-state index in [9.17, 15) is 9.67 Å². The fraction of sp³-hybridized carbons (Fsp3) is 0.368. The third kappa shape index (κ3) is 5.10. The number of phenolic OH excluding ortho intramolecular Hbond substituents is 1. The molecule has 1 aromatic heterocycles. The molecule has 0 aliphatic heterocycles. The number of aromatic nitrogens is 2. The first kappa shape index (κ1) is 21.9. The van der Waals surface area contributed by atoms with Gasteiger partial charge in [-0.15, -0.1) is 5.10 Å². The van der Waals surface area contributed by atoms with Gasteiger partial charge in [0.15, 0.2) is 17.3 Å². The van der Waals surface area contributed by atoms with E-state index in [1.165, 1.54) is 13.3 Å². The molecule has 0 aliphatic carbocycles. The number of rotatable bonds is 9. The molecule has 2 aromatic rings. The van der Waals surface area contributed by atoms with Gasteiger partial charge in [-0.3, -0.25) is 4.57 Å². The average Bonchev–Trinajstić information content (AvgIpc) is 2.66. The van der Waals surface area contributed by atoms with Gasteiger partial charge >= 0.3 is 7.60 Å². The maximum absolute atomic E-state index is 13.5. The third-order valence-corrected chi connectivity index (χ3v) is 6.00. The Kier molecular flexibility index (Phi) is 7.57. The molecule has 0 saturated heterocycles. The molecular weight excluding hydrogens is 381 g/mol. The van der Waals surface area contributed by atoms with Crippen molar-refractivity contribution < 1.29 is 23.5 Å². The molecule has 0 aliphatic rings. The quantitative estimate of drug-likeness (QED) is 0.587. The van der Waals surface area contributed by atoms with Crippen LogP contribution in [0.1, 0.15) is 30.7 Å². The summed E-state index contributed by atoms with van der Waals surface area (Å²) in [5, 5.41) is 21.5. The Morgan fingerprint density at radius 1 is 1.18 bits per heavy atom. The van der Waals surface area contributed by atoms with E-state index in [4.69, 9.17) is 13.8 Å². The monoisotopic (exact) mass is 407 g/mol. The third-order valence-electron chi connectivity index (χ3n) is 3.83. The van der Waals surface area contributed by atoms with Crippen molar-refractivity contribution in [2.45, 2.75) is 27.7 Å². The van der Waals surface area contributed by atoms with Crippen molar-refractivity contribution in [1.82, 2.24) is 10.2 Å². The summed E-state index contributed by atoms with van der Waals surface area (Å²) in [5.41, 5.74) is 1.88. The summed E-state index contributed by atoms with van der Waals surface area (Å²) in [6.07, 6.45) is 1.52. The molecule has 28 heavy (non-hydrogen) atoms. The highest BCUT2D eigenvalue weighted by Crippen LogP contribution is 2.61. The van der Waals surface area contributed by atoms with Gasteiger partial charge in [-0.2, -0.15) is 5.10 Å². The normalized spacial score (nSPS) is 12.1. The number of aromatic hydroxyl groups is 1. The molecule has 8 nitrogen and oxygen atoms in total. The number of hydrogen-bond acceptors (Lipinski definition) is 8. The van der Waals surface area contributed by atoms with Gasteiger partial charge in [0.1, 0.15) is 0 Å². The molecule has 1 aromatic carbocycles. The highest BCUT2D eigenvalue weighted by molar-refractivity contribution is 7.65. The van der Waals surface area contributed by atoms with Crippen LogP contribution in [0.2, 0.25) is 0 Å². The average molecular weight is 407 g/mol. The van der Waals surface area contributed by atoms with Gasteiger partial charge in [0.05, 0.1) is 31.3 Å². The van der Waals surface area contributed by atoms with Crippen LogP contribution in [0.5, 0.6) is 11.5 Å². The summed E-state index contributed by atoms with van der Waals surface area (Å²) in [6, 6.07) is 6.84. The number of nitrogens with zero attached hydrogens (tertiary/aromatic N) is 2. The predicted octanol–water partition coefficient (Wildman–Crippen LogP) is 4.48. The first-order valence-corrected chi connectivity index (χ1v) is 10.4. The number of benzene rings is 1. The minimum Gasteiger partial charge on any atom is -0.504 e. The fourth-order valence-corrected chi connectivity index (χ4v) is 4.21. The number of ether oxygens (including phenoxy) is 1. The lowest BCUT2D eigenvalue weighted by Gasteiger charge is -2.21. The van der Waals surface area contributed by atoms with Crippen LogP contribution >= 0.6 is 7.60 Å². The van der Waals surface area contributed by atoms with E-state index in [1.807, 2.05) is 6.92 Å². The first-order valence-electron chi connectivity index (χ1n) is 8.89. The van der Waals surface area contributed by atoms with Gasteiger partial charge < -0.3 is 24.2 Å². The van der Waals surface area contributed by atoms with E-state index < -0.39 is 7.60 Å². The Morgan fingerprint density at radius 2 is 1.86 bits per heavy atom. The van der Waals surface area contributed by atoms with Gasteiger partial charge in [-0.1, -0.05) is 0 Å². The molecule has 0 fully saturated rings. The standard InChI is InChI=1S/C19H26N3O5P/c1-6-26-28(24,27-7-2)17(12-20-18-9-8-14(4)21-22-18)15-10-13(3)19(23)16(11-15)25-5/h8-12,23H,6-7H2,1-5H3,(H,20,22). The molecule has 0 radical (unpaired) electrons. The van der Waals surface area contributed by atoms with E-state index in [1.54, 1.807) is 45.0 Å². The summed E-state index contributed by atoms with van der Waals surface area (Å²) in [5.74, 6) is 0.756. The summed E-state index contributed by atoms with van der Waals surface area (Å²) < 4.78 is 29.8. The minimum atomic E-state index is -3.65. The van der Waals surface area contributed by atoms with E-state index in [0.717, 1.165) is 5.69 Å². The zero-order valence-electron chi connectivity index (χ0n) is 16.7. The van der Waals surface area contributed by atoms with Gasteiger partial charge in [-0.05, 0) is 63.1 Å². The Bertz CT molecular complexity index is 874. The second kappa shape index (κ2) is 9.68. The molecule has 0 saturated carbocycles. The van der Waals surface area contributed by atoms with Crippen LogP contribution in [0.4, 0.5) is 5.82 Å². The molecular formula is C19H26N3O5P. The van der Waals surface area contributed by atoms with Gasteiger partial charge in [-0.25, -0.2) is 0 Å². The van der Waals surface area contributed by atoms with E-state index >= 15 is 0 Å². The minimum absolute atomic E-state index is 0.0191. The maximum atomic E-state index is 13.5. The Labute approximate surface area is 165 Å². The van der Waals surface area contributed by atoms with Crippen molar-refractivity contribution in [1.29, 1.82) is 0 Å². The molecule has 2 rings (SSSR count). The molecule has 0 bridgehead atoms. The molecule has 152 valence electrons. The summed E-state index contributed by atoms with van der Waals surface area (Å²) in [7, 11) is -2.20.